The number of aryl methyl sites for hydroxylation is 1. The molecule has 178 valence electrons. The van der Waals surface area contributed by atoms with Crippen molar-refractivity contribution in [2.75, 3.05) is 7.11 Å². The van der Waals surface area contributed by atoms with E-state index in [1.807, 2.05) is 30.3 Å². The highest BCUT2D eigenvalue weighted by Crippen LogP contribution is 2.55. The minimum atomic E-state index is 0.252. The van der Waals surface area contributed by atoms with Crippen LogP contribution < -0.4 is 14.8 Å². The summed E-state index contributed by atoms with van der Waals surface area (Å²) in [5, 5.41) is 16.1. The first-order valence-corrected chi connectivity index (χ1v) is 12.5. The molecule has 34 heavy (non-hydrogen) atoms. The van der Waals surface area contributed by atoms with E-state index in [-0.39, 0.29) is 6.61 Å². The van der Waals surface area contributed by atoms with Gasteiger partial charge in [-0.15, -0.1) is 5.10 Å². The number of methoxy groups -OCH3 is 1. The van der Waals surface area contributed by atoms with Crippen LogP contribution in [0, 0.1) is 24.7 Å². The van der Waals surface area contributed by atoms with E-state index in [2.05, 4.69) is 39.9 Å². The number of aromatic nitrogens is 4. The first kappa shape index (κ1) is 21.6. The van der Waals surface area contributed by atoms with E-state index in [1.165, 1.54) is 49.7 Å². The van der Waals surface area contributed by atoms with Gasteiger partial charge in [0, 0.05) is 12.1 Å². The zero-order chi connectivity index (χ0) is 23.1. The van der Waals surface area contributed by atoms with E-state index < -0.39 is 0 Å². The average molecular weight is 460 g/mol. The van der Waals surface area contributed by atoms with E-state index in [4.69, 9.17) is 9.47 Å². The minimum Gasteiger partial charge on any atom is -0.493 e. The number of tetrazole rings is 1. The lowest BCUT2D eigenvalue weighted by atomic mass is 9.53. The fourth-order valence-corrected chi connectivity index (χ4v) is 6.88. The number of nitrogens with zero attached hydrogens (tertiary/aromatic N) is 4. The molecule has 4 saturated carbocycles. The molecule has 7 rings (SSSR count). The molecule has 0 amide bonds. The molecule has 3 aromatic rings. The lowest BCUT2D eigenvalue weighted by Crippen LogP contribution is -2.58. The summed E-state index contributed by atoms with van der Waals surface area (Å²) >= 11 is 0. The van der Waals surface area contributed by atoms with E-state index >= 15 is 0 Å². The van der Waals surface area contributed by atoms with Gasteiger partial charge < -0.3 is 14.8 Å². The van der Waals surface area contributed by atoms with Gasteiger partial charge in [-0.25, -0.2) is 0 Å². The third-order valence-electron chi connectivity index (χ3n) is 8.10. The van der Waals surface area contributed by atoms with Crippen molar-refractivity contribution < 1.29 is 9.47 Å². The number of ether oxygens (including phenoxy) is 2. The van der Waals surface area contributed by atoms with E-state index in [1.54, 1.807) is 11.8 Å². The lowest BCUT2D eigenvalue weighted by molar-refractivity contribution is -0.0206. The van der Waals surface area contributed by atoms with Crippen molar-refractivity contribution in [2.24, 2.45) is 17.8 Å². The third-order valence-corrected chi connectivity index (χ3v) is 8.10. The summed E-state index contributed by atoms with van der Waals surface area (Å²) in [4.78, 5) is 0. The Morgan fingerprint density at radius 2 is 1.68 bits per heavy atom. The smallest absolute Gasteiger partial charge is 0.194 e. The number of benzene rings is 2. The molecule has 0 radical (unpaired) electrons. The summed E-state index contributed by atoms with van der Waals surface area (Å²) in [6.45, 7) is 3.18. The lowest BCUT2D eigenvalue weighted by Gasteiger charge is -2.57. The van der Waals surface area contributed by atoms with Crippen molar-refractivity contribution >= 4 is 0 Å². The maximum atomic E-state index is 6.08. The van der Waals surface area contributed by atoms with Crippen LogP contribution in [-0.4, -0.2) is 32.9 Å². The molecule has 1 heterocycles. The van der Waals surface area contributed by atoms with Gasteiger partial charge in [-0.3, -0.25) is 0 Å². The zero-order valence-corrected chi connectivity index (χ0v) is 20.0. The first-order chi connectivity index (χ1) is 16.6. The molecular weight excluding hydrogens is 426 g/mol. The maximum Gasteiger partial charge on any atom is 0.194 e. The van der Waals surface area contributed by atoms with Crippen LogP contribution in [-0.2, 0) is 13.2 Å². The second kappa shape index (κ2) is 8.69. The molecule has 0 aliphatic heterocycles. The van der Waals surface area contributed by atoms with Gasteiger partial charge in [-0.05, 0) is 103 Å². The Bertz CT molecular complexity index is 1120. The molecule has 1 N–H and O–H groups in total. The zero-order valence-electron chi connectivity index (χ0n) is 20.0. The molecule has 2 aromatic carbocycles. The molecule has 4 fully saturated rings. The van der Waals surface area contributed by atoms with Crippen LogP contribution in [0.2, 0.25) is 0 Å². The van der Waals surface area contributed by atoms with Crippen molar-refractivity contribution in [3.63, 3.8) is 0 Å². The Hall–Kier alpha value is -2.93. The van der Waals surface area contributed by atoms with Crippen LogP contribution in [0.4, 0.5) is 0 Å². The van der Waals surface area contributed by atoms with Crippen molar-refractivity contribution in [1.82, 2.24) is 25.5 Å². The van der Waals surface area contributed by atoms with Crippen LogP contribution >= 0.6 is 0 Å². The van der Waals surface area contributed by atoms with Crippen LogP contribution in [0.1, 0.15) is 55.5 Å². The number of nitrogens with one attached hydrogen (secondary N) is 1. The first-order valence-electron chi connectivity index (χ1n) is 12.5. The molecule has 0 unspecified atom stereocenters. The highest BCUT2D eigenvalue weighted by molar-refractivity contribution is 5.43. The highest BCUT2D eigenvalue weighted by atomic mass is 16.5. The van der Waals surface area contributed by atoms with Crippen molar-refractivity contribution in [3.05, 3.63) is 59.4 Å². The second-order valence-electron chi connectivity index (χ2n) is 10.7. The van der Waals surface area contributed by atoms with Crippen LogP contribution in [0.5, 0.6) is 11.5 Å². The van der Waals surface area contributed by atoms with Gasteiger partial charge in [0.2, 0.25) is 0 Å². The molecule has 4 bridgehead atoms. The molecule has 4 aliphatic carbocycles. The topological polar surface area (TPSA) is 74.1 Å². The number of hydrogen-bond acceptors (Lipinski definition) is 6. The fraction of sp³-hybridized carbons (Fsp3) is 0.519. The molecule has 1 aromatic heterocycles. The molecule has 7 nitrogen and oxygen atoms in total. The Morgan fingerprint density at radius 3 is 2.35 bits per heavy atom. The summed E-state index contributed by atoms with van der Waals surface area (Å²) in [5.74, 6) is 4.90. The largest absolute Gasteiger partial charge is 0.493 e. The summed E-state index contributed by atoms with van der Waals surface area (Å²) in [5.41, 5.74) is 3.68. The van der Waals surface area contributed by atoms with Crippen molar-refractivity contribution in [2.45, 2.75) is 64.1 Å². The molecular formula is C27H33N5O2. The van der Waals surface area contributed by atoms with Gasteiger partial charge in [0.05, 0.1) is 12.8 Å². The summed E-state index contributed by atoms with van der Waals surface area (Å²) in [6, 6.07) is 14.3. The van der Waals surface area contributed by atoms with Gasteiger partial charge in [0.25, 0.3) is 0 Å². The number of rotatable bonds is 8. The highest BCUT2D eigenvalue weighted by Gasteiger charge is 2.50. The summed E-state index contributed by atoms with van der Waals surface area (Å²) in [6.07, 6.45) is 8.46. The van der Waals surface area contributed by atoms with Crippen molar-refractivity contribution in [3.8, 4) is 17.2 Å². The van der Waals surface area contributed by atoms with Crippen LogP contribution in [0.3, 0.4) is 0 Å². The summed E-state index contributed by atoms with van der Waals surface area (Å²) in [7, 11) is 1.69. The molecule has 0 saturated heterocycles. The Balaban J connectivity index is 1.12. The SMILES string of the molecule is COc1cc(CNC23CC4CC(CC(C4)C2)C3)ccc1OCc1nnnn1-c1ccc(C)cc1. The molecule has 0 spiro atoms. The quantitative estimate of drug-likeness (QED) is 0.530. The van der Waals surface area contributed by atoms with E-state index in [0.717, 1.165) is 35.7 Å². The number of hydrogen-bond donors (Lipinski definition) is 1. The predicted octanol–water partition coefficient (Wildman–Crippen LogP) is 4.62. The predicted molar refractivity (Wildman–Crippen MR) is 129 cm³/mol. The van der Waals surface area contributed by atoms with E-state index in [0.29, 0.717) is 17.1 Å². The van der Waals surface area contributed by atoms with Crippen LogP contribution in [0.15, 0.2) is 42.5 Å². The van der Waals surface area contributed by atoms with Gasteiger partial charge in [0.1, 0.15) is 0 Å². The fourth-order valence-electron chi connectivity index (χ4n) is 6.88. The normalized spacial score (nSPS) is 27.2. The Morgan fingerprint density at radius 1 is 0.971 bits per heavy atom. The van der Waals surface area contributed by atoms with Crippen LogP contribution in [0.25, 0.3) is 5.69 Å². The summed E-state index contributed by atoms with van der Waals surface area (Å²) < 4.78 is 13.5. The minimum absolute atomic E-state index is 0.252. The van der Waals surface area contributed by atoms with Gasteiger partial charge in [-0.1, -0.05) is 23.8 Å². The third kappa shape index (κ3) is 4.17. The van der Waals surface area contributed by atoms with Gasteiger partial charge >= 0.3 is 0 Å². The van der Waals surface area contributed by atoms with Crippen molar-refractivity contribution in [1.29, 1.82) is 0 Å². The standard InChI is InChI=1S/C27H33N5O2/c1-18-3-6-23(7-4-18)32-26(29-30-31-32)17-34-24-8-5-19(12-25(24)33-2)16-28-27-13-20-9-21(14-27)11-22(10-20)15-27/h3-8,12,20-22,28H,9-11,13-17H2,1-2H3. The molecule has 0 atom stereocenters. The monoisotopic (exact) mass is 459 g/mol. The van der Waals surface area contributed by atoms with Gasteiger partial charge in [0.15, 0.2) is 23.9 Å². The molecule has 7 heteroatoms. The van der Waals surface area contributed by atoms with Gasteiger partial charge in [-0.2, -0.15) is 4.68 Å². The second-order valence-corrected chi connectivity index (χ2v) is 10.7. The Labute approximate surface area is 200 Å². The Kier molecular flexibility index (Phi) is 5.52. The maximum absolute atomic E-state index is 6.08. The molecule has 4 aliphatic rings. The average Bonchev–Trinajstić information content (AvgIpc) is 3.30. The van der Waals surface area contributed by atoms with E-state index in [9.17, 15) is 0 Å².